The standard InChI is InChI=1S/C18H17FN4OS/c1-10-7-11(2)23-17(21-10)14(9-20-23)18(24)22-15-5-6-25-16-4-3-12(19)8-13(15)16/h3-4,7-9,15H,5-6H2,1-2H3,(H,22,24)/t15-/m1/s1. The number of halogens is 1. The van der Waals surface area contributed by atoms with Crippen LogP contribution in [0, 0.1) is 19.7 Å². The van der Waals surface area contributed by atoms with Crippen molar-refractivity contribution in [1.29, 1.82) is 0 Å². The zero-order chi connectivity index (χ0) is 17.6. The molecule has 3 aromatic rings. The van der Waals surface area contributed by atoms with Crippen LogP contribution in [0.1, 0.15) is 39.8 Å². The maximum atomic E-state index is 13.6. The van der Waals surface area contributed by atoms with Crippen molar-refractivity contribution in [1.82, 2.24) is 19.9 Å². The van der Waals surface area contributed by atoms with E-state index in [0.717, 1.165) is 34.0 Å². The maximum Gasteiger partial charge on any atom is 0.257 e. The molecular formula is C18H17FN4OS. The van der Waals surface area contributed by atoms with Gasteiger partial charge in [-0.15, -0.1) is 11.8 Å². The van der Waals surface area contributed by atoms with E-state index in [-0.39, 0.29) is 17.8 Å². The van der Waals surface area contributed by atoms with Gasteiger partial charge in [0.15, 0.2) is 5.65 Å². The second kappa shape index (κ2) is 6.15. The van der Waals surface area contributed by atoms with Crippen molar-refractivity contribution < 1.29 is 9.18 Å². The zero-order valence-corrected chi connectivity index (χ0v) is 14.7. The van der Waals surface area contributed by atoms with Gasteiger partial charge in [-0.25, -0.2) is 13.9 Å². The summed E-state index contributed by atoms with van der Waals surface area (Å²) in [5.74, 6) is 0.360. The summed E-state index contributed by atoms with van der Waals surface area (Å²) in [7, 11) is 0. The number of nitrogens with one attached hydrogen (secondary N) is 1. The predicted octanol–water partition coefficient (Wildman–Crippen LogP) is 3.45. The first kappa shape index (κ1) is 16.1. The molecule has 4 rings (SSSR count). The number of nitrogens with zero attached hydrogens (tertiary/aromatic N) is 3. The number of thioether (sulfide) groups is 1. The molecule has 3 heterocycles. The fraction of sp³-hybridized carbons (Fsp3) is 0.278. The Bertz CT molecular complexity index is 985. The highest BCUT2D eigenvalue weighted by atomic mass is 32.2. The molecule has 1 aromatic carbocycles. The molecule has 2 aromatic heterocycles. The SMILES string of the molecule is Cc1cc(C)n2ncc(C(=O)N[C@@H]3CCSc4ccc(F)cc43)c2n1. The quantitative estimate of drug-likeness (QED) is 0.764. The van der Waals surface area contributed by atoms with Gasteiger partial charge in [-0.1, -0.05) is 0 Å². The van der Waals surface area contributed by atoms with E-state index < -0.39 is 0 Å². The Labute approximate surface area is 148 Å². The lowest BCUT2D eigenvalue weighted by Crippen LogP contribution is -2.30. The number of benzene rings is 1. The van der Waals surface area contributed by atoms with Gasteiger partial charge in [0.1, 0.15) is 11.4 Å². The van der Waals surface area contributed by atoms with E-state index >= 15 is 0 Å². The van der Waals surface area contributed by atoms with Crippen molar-refractivity contribution in [3.8, 4) is 0 Å². The Morgan fingerprint density at radius 3 is 3.04 bits per heavy atom. The van der Waals surface area contributed by atoms with Crippen LogP contribution in [-0.2, 0) is 0 Å². The fourth-order valence-electron chi connectivity index (χ4n) is 3.18. The highest BCUT2D eigenvalue weighted by Crippen LogP contribution is 2.36. The minimum absolute atomic E-state index is 0.208. The molecule has 1 atom stereocenters. The Morgan fingerprint density at radius 2 is 2.20 bits per heavy atom. The predicted molar refractivity (Wildman–Crippen MR) is 94.4 cm³/mol. The molecule has 0 saturated heterocycles. The summed E-state index contributed by atoms with van der Waals surface area (Å²) in [6.07, 6.45) is 2.30. The largest absolute Gasteiger partial charge is 0.345 e. The van der Waals surface area contributed by atoms with Gasteiger partial charge in [-0.3, -0.25) is 4.79 Å². The van der Waals surface area contributed by atoms with Crippen LogP contribution >= 0.6 is 11.8 Å². The number of amides is 1. The van der Waals surface area contributed by atoms with Crippen molar-refractivity contribution in [2.45, 2.75) is 31.2 Å². The molecule has 0 spiro atoms. The van der Waals surface area contributed by atoms with E-state index in [1.54, 1.807) is 22.3 Å². The average Bonchev–Trinajstić information content (AvgIpc) is 2.99. The normalized spacial score (nSPS) is 16.7. The van der Waals surface area contributed by atoms with Gasteiger partial charge in [-0.2, -0.15) is 5.10 Å². The minimum Gasteiger partial charge on any atom is -0.345 e. The molecule has 1 aliphatic rings. The van der Waals surface area contributed by atoms with Crippen LogP contribution in [0.5, 0.6) is 0 Å². The second-order valence-electron chi connectivity index (χ2n) is 6.18. The van der Waals surface area contributed by atoms with Gasteiger partial charge in [-0.05, 0) is 50.1 Å². The van der Waals surface area contributed by atoms with Gasteiger partial charge < -0.3 is 5.32 Å². The van der Waals surface area contributed by atoms with Crippen molar-refractivity contribution in [2.75, 3.05) is 5.75 Å². The molecule has 0 bridgehead atoms. The molecular weight excluding hydrogens is 339 g/mol. The molecule has 1 N–H and O–H groups in total. The first-order valence-corrected chi connectivity index (χ1v) is 9.06. The van der Waals surface area contributed by atoms with Crippen LogP contribution in [0.2, 0.25) is 0 Å². The van der Waals surface area contributed by atoms with Gasteiger partial charge in [0.05, 0.1) is 12.2 Å². The van der Waals surface area contributed by atoms with Crippen LogP contribution < -0.4 is 5.32 Å². The Kier molecular flexibility index (Phi) is 3.95. The van der Waals surface area contributed by atoms with Gasteiger partial charge in [0.2, 0.25) is 0 Å². The summed E-state index contributed by atoms with van der Waals surface area (Å²) in [6.45, 7) is 3.81. The molecule has 128 valence electrons. The van der Waals surface area contributed by atoms with Gasteiger partial charge >= 0.3 is 0 Å². The lowest BCUT2D eigenvalue weighted by molar-refractivity contribution is 0.0936. The first-order chi connectivity index (χ1) is 12.0. The van der Waals surface area contributed by atoms with Crippen molar-refractivity contribution in [3.63, 3.8) is 0 Å². The molecule has 0 radical (unpaired) electrons. The minimum atomic E-state index is -0.288. The third-order valence-electron chi connectivity index (χ3n) is 4.34. The molecule has 1 aliphatic heterocycles. The van der Waals surface area contributed by atoms with E-state index in [4.69, 9.17) is 0 Å². The Balaban J connectivity index is 1.67. The van der Waals surface area contributed by atoms with Gasteiger partial charge in [0.25, 0.3) is 5.91 Å². The lowest BCUT2D eigenvalue weighted by Gasteiger charge is -2.25. The summed E-state index contributed by atoms with van der Waals surface area (Å²) in [5, 5.41) is 7.28. The molecule has 25 heavy (non-hydrogen) atoms. The lowest BCUT2D eigenvalue weighted by atomic mass is 10.0. The number of aryl methyl sites for hydroxylation is 2. The third kappa shape index (κ3) is 2.89. The van der Waals surface area contributed by atoms with Crippen molar-refractivity contribution in [2.24, 2.45) is 0 Å². The Morgan fingerprint density at radius 1 is 1.36 bits per heavy atom. The smallest absolute Gasteiger partial charge is 0.257 e. The molecule has 0 fully saturated rings. The number of hydrogen-bond acceptors (Lipinski definition) is 4. The highest BCUT2D eigenvalue weighted by Gasteiger charge is 2.25. The van der Waals surface area contributed by atoms with Gasteiger partial charge in [0, 0.05) is 22.0 Å². The van der Waals surface area contributed by atoms with Crippen LogP contribution in [0.25, 0.3) is 5.65 Å². The van der Waals surface area contributed by atoms with E-state index in [1.165, 1.54) is 18.3 Å². The Hall–Kier alpha value is -2.41. The van der Waals surface area contributed by atoms with E-state index in [0.29, 0.717) is 11.2 Å². The number of carbonyl (C=O) groups excluding carboxylic acids is 1. The van der Waals surface area contributed by atoms with Crippen molar-refractivity contribution in [3.05, 3.63) is 58.8 Å². The number of fused-ring (bicyclic) bond motifs is 2. The van der Waals surface area contributed by atoms with Crippen LogP contribution in [-0.4, -0.2) is 26.3 Å². The third-order valence-corrected chi connectivity index (χ3v) is 5.46. The van der Waals surface area contributed by atoms with Crippen LogP contribution in [0.3, 0.4) is 0 Å². The molecule has 7 heteroatoms. The number of aromatic nitrogens is 3. The second-order valence-corrected chi connectivity index (χ2v) is 7.31. The summed E-state index contributed by atoms with van der Waals surface area (Å²) >= 11 is 1.69. The van der Waals surface area contributed by atoms with E-state index in [9.17, 15) is 9.18 Å². The number of carbonyl (C=O) groups is 1. The molecule has 0 unspecified atom stereocenters. The molecule has 0 aliphatic carbocycles. The monoisotopic (exact) mass is 356 g/mol. The van der Waals surface area contributed by atoms with Crippen LogP contribution in [0.4, 0.5) is 4.39 Å². The zero-order valence-electron chi connectivity index (χ0n) is 13.9. The summed E-state index contributed by atoms with van der Waals surface area (Å²) < 4.78 is 15.3. The highest BCUT2D eigenvalue weighted by molar-refractivity contribution is 7.99. The first-order valence-electron chi connectivity index (χ1n) is 8.08. The maximum absolute atomic E-state index is 13.6. The van der Waals surface area contributed by atoms with E-state index in [2.05, 4.69) is 15.4 Å². The summed E-state index contributed by atoms with van der Waals surface area (Å²) in [5.41, 5.74) is 3.56. The topological polar surface area (TPSA) is 59.3 Å². The fourth-order valence-corrected chi connectivity index (χ4v) is 4.29. The summed E-state index contributed by atoms with van der Waals surface area (Å²) in [6, 6.07) is 6.45. The van der Waals surface area contributed by atoms with Crippen molar-refractivity contribution >= 4 is 23.3 Å². The summed E-state index contributed by atoms with van der Waals surface area (Å²) in [4.78, 5) is 18.3. The molecule has 1 amide bonds. The number of rotatable bonds is 2. The molecule has 0 saturated carbocycles. The molecule has 5 nitrogen and oxygen atoms in total. The average molecular weight is 356 g/mol. The van der Waals surface area contributed by atoms with E-state index in [1.807, 2.05) is 19.9 Å². The van der Waals surface area contributed by atoms with Crippen LogP contribution in [0.15, 0.2) is 35.4 Å². The number of hydrogen-bond donors (Lipinski definition) is 1.